The van der Waals surface area contributed by atoms with Gasteiger partial charge in [0.2, 0.25) is 15.9 Å². The van der Waals surface area contributed by atoms with Crippen molar-refractivity contribution in [1.29, 1.82) is 0 Å². The van der Waals surface area contributed by atoms with E-state index in [2.05, 4.69) is 11.4 Å². The Labute approximate surface area is 148 Å². The third-order valence-electron chi connectivity index (χ3n) is 3.77. The average Bonchev–Trinajstić information content (AvgIpc) is 2.54. The molecule has 0 unspecified atom stereocenters. The van der Waals surface area contributed by atoms with Gasteiger partial charge in [0.25, 0.3) is 0 Å². The number of primary sulfonamides is 1. The van der Waals surface area contributed by atoms with E-state index in [-0.39, 0.29) is 17.3 Å². The van der Waals surface area contributed by atoms with Gasteiger partial charge in [-0.15, -0.1) is 0 Å². The van der Waals surface area contributed by atoms with Crippen LogP contribution in [-0.2, 0) is 21.4 Å². The van der Waals surface area contributed by atoms with Gasteiger partial charge in [-0.25, -0.2) is 13.6 Å². The SMILES string of the molecule is CCN(CC(=O)Nc1ccc(S(N)(=O)=O)cc1)Cc1cccc(C)c1. The first-order valence-electron chi connectivity index (χ1n) is 7.98. The van der Waals surface area contributed by atoms with Crippen LogP contribution in [0.15, 0.2) is 53.4 Å². The van der Waals surface area contributed by atoms with Crippen molar-refractivity contribution in [3.63, 3.8) is 0 Å². The maximum absolute atomic E-state index is 12.2. The number of sulfonamides is 1. The molecule has 0 aliphatic heterocycles. The number of carbonyl (C=O) groups is 1. The minimum Gasteiger partial charge on any atom is -0.325 e. The van der Waals surface area contributed by atoms with Gasteiger partial charge in [-0.3, -0.25) is 9.69 Å². The molecule has 0 heterocycles. The van der Waals surface area contributed by atoms with Crippen molar-refractivity contribution >= 4 is 21.6 Å². The number of nitrogens with zero attached hydrogens (tertiary/aromatic N) is 1. The number of hydrogen-bond acceptors (Lipinski definition) is 4. The number of aryl methyl sites for hydroxylation is 1. The van der Waals surface area contributed by atoms with Crippen LogP contribution in [0.5, 0.6) is 0 Å². The summed E-state index contributed by atoms with van der Waals surface area (Å²) in [5, 5.41) is 7.82. The van der Waals surface area contributed by atoms with E-state index in [1.165, 1.54) is 29.8 Å². The first-order chi connectivity index (χ1) is 11.8. The monoisotopic (exact) mass is 361 g/mol. The second kappa shape index (κ2) is 8.24. The predicted molar refractivity (Wildman–Crippen MR) is 98.6 cm³/mol. The van der Waals surface area contributed by atoms with Gasteiger partial charge in [0.1, 0.15) is 0 Å². The van der Waals surface area contributed by atoms with Crippen molar-refractivity contribution in [1.82, 2.24) is 4.90 Å². The lowest BCUT2D eigenvalue weighted by Crippen LogP contribution is -2.32. The summed E-state index contributed by atoms with van der Waals surface area (Å²) in [5.41, 5.74) is 2.88. The smallest absolute Gasteiger partial charge is 0.238 e. The molecule has 134 valence electrons. The summed E-state index contributed by atoms with van der Waals surface area (Å²) in [7, 11) is -3.73. The van der Waals surface area contributed by atoms with E-state index in [1.807, 2.05) is 36.9 Å². The highest BCUT2D eigenvalue weighted by molar-refractivity contribution is 7.89. The highest BCUT2D eigenvalue weighted by Gasteiger charge is 2.11. The van der Waals surface area contributed by atoms with E-state index in [1.54, 1.807) is 0 Å². The van der Waals surface area contributed by atoms with Crippen molar-refractivity contribution in [3.05, 3.63) is 59.7 Å². The van der Waals surface area contributed by atoms with E-state index in [4.69, 9.17) is 5.14 Å². The lowest BCUT2D eigenvalue weighted by atomic mass is 10.1. The number of benzene rings is 2. The predicted octanol–water partition coefficient (Wildman–Crippen LogP) is 2.10. The number of anilines is 1. The second-order valence-electron chi connectivity index (χ2n) is 5.91. The molecular formula is C18H23N3O3S. The molecule has 2 aromatic rings. The molecule has 0 bridgehead atoms. The van der Waals surface area contributed by atoms with Crippen molar-refractivity contribution in [2.75, 3.05) is 18.4 Å². The molecular weight excluding hydrogens is 338 g/mol. The topological polar surface area (TPSA) is 92.5 Å². The number of amides is 1. The summed E-state index contributed by atoms with van der Waals surface area (Å²) in [6.45, 7) is 5.73. The van der Waals surface area contributed by atoms with Crippen molar-refractivity contribution in [2.24, 2.45) is 5.14 Å². The van der Waals surface area contributed by atoms with Crippen molar-refractivity contribution < 1.29 is 13.2 Å². The summed E-state index contributed by atoms with van der Waals surface area (Å²) in [5.74, 6) is -0.155. The molecule has 0 aliphatic rings. The fourth-order valence-electron chi connectivity index (χ4n) is 2.48. The summed E-state index contributed by atoms with van der Waals surface area (Å²) in [6, 6.07) is 14.0. The van der Waals surface area contributed by atoms with Crippen molar-refractivity contribution in [3.8, 4) is 0 Å². The molecule has 1 amide bonds. The summed E-state index contributed by atoms with van der Waals surface area (Å²) in [6.07, 6.45) is 0. The Bertz CT molecular complexity index is 833. The second-order valence-corrected chi connectivity index (χ2v) is 7.47. The third kappa shape index (κ3) is 5.97. The average molecular weight is 361 g/mol. The molecule has 0 saturated carbocycles. The van der Waals surface area contributed by atoms with Crippen LogP contribution >= 0.6 is 0 Å². The Hall–Kier alpha value is -2.22. The van der Waals surface area contributed by atoms with Gasteiger partial charge in [-0.05, 0) is 43.3 Å². The lowest BCUT2D eigenvalue weighted by Gasteiger charge is -2.20. The Morgan fingerprint density at radius 1 is 1.16 bits per heavy atom. The van der Waals surface area contributed by atoms with Gasteiger partial charge in [0.05, 0.1) is 11.4 Å². The van der Waals surface area contributed by atoms with Crippen LogP contribution in [0.1, 0.15) is 18.1 Å². The molecule has 7 heteroatoms. The number of rotatable bonds is 7. The number of carbonyl (C=O) groups excluding carboxylic acids is 1. The lowest BCUT2D eigenvalue weighted by molar-refractivity contribution is -0.117. The van der Waals surface area contributed by atoms with E-state index < -0.39 is 10.0 Å². The molecule has 2 aromatic carbocycles. The maximum atomic E-state index is 12.2. The van der Waals surface area contributed by atoms with Gasteiger partial charge in [-0.1, -0.05) is 36.8 Å². The number of nitrogens with one attached hydrogen (secondary N) is 1. The third-order valence-corrected chi connectivity index (χ3v) is 4.70. The first kappa shape index (κ1) is 19.1. The molecule has 0 atom stereocenters. The van der Waals surface area contributed by atoms with Gasteiger partial charge in [0, 0.05) is 12.2 Å². The van der Waals surface area contributed by atoms with Gasteiger partial charge < -0.3 is 5.32 Å². The van der Waals surface area contributed by atoms with E-state index in [0.29, 0.717) is 12.2 Å². The van der Waals surface area contributed by atoms with Crippen LogP contribution in [0.25, 0.3) is 0 Å². The molecule has 0 radical (unpaired) electrons. The molecule has 3 N–H and O–H groups in total. The Morgan fingerprint density at radius 2 is 1.84 bits per heavy atom. The zero-order chi connectivity index (χ0) is 18.4. The minimum absolute atomic E-state index is 0.0140. The summed E-state index contributed by atoms with van der Waals surface area (Å²) < 4.78 is 22.5. The van der Waals surface area contributed by atoms with Crippen LogP contribution in [0.3, 0.4) is 0 Å². The highest BCUT2D eigenvalue weighted by atomic mass is 32.2. The maximum Gasteiger partial charge on any atom is 0.238 e. The van der Waals surface area contributed by atoms with Crippen LogP contribution in [0.2, 0.25) is 0 Å². The normalized spacial score (nSPS) is 11.5. The van der Waals surface area contributed by atoms with E-state index >= 15 is 0 Å². The van der Waals surface area contributed by atoms with Gasteiger partial charge >= 0.3 is 0 Å². The van der Waals surface area contributed by atoms with Crippen LogP contribution in [0.4, 0.5) is 5.69 Å². The Morgan fingerprint density at radius 3 is 2.40 bits per heavy atom. The fourth-order valence-corrected chi connectivity index (χ4v) is 3.00. The molecule has 2 rings (SSSR count). The molecule has 0 spiro atoms. The molecule has 6 nitrogen and oxygen atoms in total. The van der Waals surface area contributed by atoms with E-state index in [0.717, 1.165) is 12.1 Å². The van der Waals surface area contributed by atoms with Crippen molar-refractivity contribution in [2.45, 2.75) is 25.3 Å². The largest absolute Gasteiger partial charge is 0.325 e. The van der Waals surface area contributed by atoms with Crippen LogP contribution < -0.4 is 10.5 Å². The number of hydrogen-bond donors (Lipinski definition) is 2. The number of nitrogens with two attached hydrogens (primary N) is 1. The zero-order valence-corrected chi connectivity index (χ0v) is 15.2. The summed E-state index contributed by atoms with van der Waals surface area (Å²) in [4.78, 5) is 14.3. The quantitative estimate of drug-likeness (QED) is 0.790. The van der Waals surface area contributed by atoms with E-state index in [9.17, 15) is 13.2 Å². The molecule has 0 saturated heterocycles. The van der Waals surface area contributed by atoms with Gasteiger partial charge in [0.15, 0.2) is 0 Å². The molecule has 0 aliphatic carbocycles. The first-order valence-corrected chi connectivity index (χ1v) is 9.53. The standard InChI is InChI=1S/C18H23N3O3S/c1-3-21(12-15-6-4-5-14(2)11-15)13-18(22)20-16-7-9-17(10-8-16)25(19,23)24/h4-11H,3,12-13H2,1-2H3,(H,20,22)(H2,19,23,24). The minimum atomic E-state index is -3.73. The molecule has 0 aromatic heterocycles. The van der Waals surface area contributed by atoms with Gasteiger partial charge in [-0.2, -0.15) is 0 Å². The molecule has 25 heavy (non-hydrogen) atoms. The Balaban J connectivity index is 1.95. The Kier molecular flexibility index (Phi) is 6.30. The van der Waals surface area contributed by atoms with Crippen LogP contribution in [-0.4, -0.2) is 32.3 Å². The zero-order valence-electron chi connectivity index (χ0n) is 14.4. The summed E-state index contributed by atoms with van der Waals surface area (Å²) >= 11 is 0. The van der Waals surface area contributed by atoms with Crippen LogP contribution in [0, 0.1) is 6.92 Å². The number of likely N-dealkylation sites (N-methyl/N-ethyl adjacent to an activating group) is 1. The fraction of sp³-hybridized carbons (Fsp3) is 0.278. The highest BCUT2D eigenvalue weighted by Crippen LogP contribution is 2.13. The molecule has 0 fully saturated rings.